The first-order valence-electron chi connectivity index (χ1n) is 4.90. The zero-order valence-electron chi connectivity index (χ0n) is 8.54. The van der Waals surface area contributed by atoms with E-state index in [-0.39, 0.29) is 0 Å². The summed E-state index contributed by atoms with van der Waals surface area (Å²) in [6.45, 7) is 0. The average molecular weight is 210 g/mol. The Hall–Kier alpha value is -2.18. The molecule has 1 N–H and O–H groups in total. The summed E-state index contributed by atoms with van der Waals surface area (Å²) in [5.74, 6) is 0. The van der Waals surface area contributed by atoms with Gasteiger partial charge < -0.3 is 5.11 Å². The summed E-state index contributed by atoms with van der Waals surface area (Å²) >= 11 is 0. The van der Waals surface area contributed by atoms with Crippen molar-refractivity contribution in [2.75, 3.05) is 0 Å². The third kappa shape index (κ3) is 2.08. The number of nitriles is 1. The molecule has 1 heterocycles. The molecule has 0 bridgehead atoms. The van der Waals surface area contributed by atoms with Crippen molar-refractivity contribution in [3.8, 4) is 17.3 Å². The molecule has 0 aliphatic rings. The van der Waals surface area contributed by atoms with Gasteiger partial charge in [0, 0.05) is 17.3 Å². The molecular weight excluding hydrogens is 200 g/mol. The van der Waals surface area contributed by atoms with Gasteiger partial charge >= 0.3 is 0 Å². The van der Waals surface area contributed by atoms with Gasteiger partial charge in [0.15, 0.2) is 6.10 Å². The van der Waals surface area contributed by atoms with Crippen molar-refractivity contribution in [1.29, 1.82) is 5.26 Å². The lowest BCUT2D eigenvalue weighted by Crippen LogP contribution is -1.94. The highest BCUT2D eigenvalue weighted by molar-refractivity contribution is 5.58. The van der Waals surface area contributed by atoms with Crippen LogP contribution in [0, 0.1) is 11.3 Å². The first-order valence-corrected chi connectivity index (χ1v) is 4.90. The normalized spacial score (nSPS) is 11.8. The molecule has 2 aromatic rings. The Labute approximate surface area is 93.6 Å². The van der Waals surface area contributed by atoms with Gasteiger partial charge in [0.05, 0.1) is 11.8 Å². The molecule has 3 heteroatoms. The van der Waals surface area contributed by atoms with Crippen molar-refractivity contribution < 1.29 is 5.11 Å². The molecule has 3 nitrogen and oxygen atoms in total. The molecule has 1 aromatic carbocycles. The van der Waals surface area contributed by atoms with Gasteiger partial charge in [0.1, 0.15) is 0 Å². The summed E-state index contributed by atoms with van der Waals surface area (Å²) < 4.78 is 0. The van der Waals surface area contributed by atoms with Gasteiger partial charge in [-0.05, 0) is 6.07 Å². The summed E-state index contributed by atoms with van der Waals surface area (Å²) in [7, 11) is 0. The third-order valence-corrected chi connectivity index (χ3v) is 2.29. The van der Waals surface area contributed by atoms with Gasteiger partial charge in [0.25, 0.3) is 0 Å². The van der Waals surface area contributed by atoms with Gasteiger partial charge in [0.2, 0.25) is 0 Å². The molecule has 0 amide bonds. The van der Waals surface area contributed by atoms with E-state index in [4.69, 9.17) is 5.26 Å². The molecule has 0 fully saturated rings. The van der Waals surface area contributed by atoms with Crippen molar-refractivity contribution in [2.45, 2.75) is 6.10 Å². The first-order chi connectivity index (χ1) is 7.81. The number of aromatic nitrogens is 1. The van der Waals surface area contributed by atoms with Crippen molar-refractivity contribution >= 4 is 0 Å². The van der Waals surface area contributed by atoms with Crippen LogP contribution in [0.15, 0.2) is 48.7 Å². The number of hydrogen-bond acceptors (Lipinski definition) is 3. The summed E-state index contributed by atoms with van der Waals surface area (Å²) in [5.41, 5.74) is 2.36. The summed E-state index contributed by atoms with van der Waals surface area (Å²) in [6, 6.07) is 15.0. The summed E-state index contributed by atoms with van der Waals surface area (Å²) in [6.07, 6.45) is 0.424. The molecule has 0 spiro atoms. The van der Waals surface area contributed by atoms with Crippen LogP contribution in [-0.4, -0.2) is 10.1 Å². The topological polar surface area (TPSA) is 56.9 Å². The van der Waals surface area contributed by atoms with Crippen LogP contribution in [-0.2, 0) is 0 Å². The van der Waals surface area contributed by atoms with Gasteiger partial charge in [-0.15, -0.1) is 0 Å². The highest BCUT2D eigenvalue weighted by atomic mass is 16.3. The highest BCUT2D eigenvalue weighted by Gasteiger charge is 2.06. The Balaban J connectivity index is 2.31. The van der Waals surface area contributed by atoms with Crippen molar-refractivity contribution in [1.82, 2.24) is 4.98 Å². The van der Waals surface area contributed by atoms with Crippen LogP contribution in [0.25, 0.3) is 11.3 Å². The minimum Gasteiger partial charge on any atom is -0.374 e. The quantitative estimate of drug-likeness (QED) is 0.774. The largest absolute Gasteiger partial charge is 0.374 e. The molecule has 0 aliphatic carbocycles. The molecule has 0 aliphatic heterocycles. The monoisotopic (exact) mass is 210 g/mol. The lowest BCUT2D eigenvalue weighted by Gasteiger charge is -2.03. The zero-order chi connectivity index (χ0) is 11.4. The van der Waals surface area contributed by atoms with Gasteiger partial charge in [-0.3, -0.25) is 4.98 Å². The average Bonchev–Trinajstić information content (AvgIpc) is 2.39. The molecule has 78 valence electrons. The van der Waals surface area contributed by atoms with Gasteiger partial charge in [-0.2, -0.15) is 5.26 Å². The van der Waals surface area contributed by atoms with Crippen molar-refractivity contribution in [3.05, 3.63) is 54.2 Å². The molecule has 1 aromatic heterocycles. The smallest absolute Gasteiger partial charge is 0.167 e. The fourth-order valence-electron chi connectivity index (χ4n) is 1.42. The lowest BCUT2D eigenvalue weighted by atomic mass is 10.1. The first kappa shape index (κ1) is 10.3. The van der Waals surface area contributed by atoms with E-state index in [0.717, 1.165) is 11.3 Å². The van der Waals surface area contributed by atoms with Crippen LogP contribution in [0.3, 0.4) is 0 Å². The fourth-order valence-corrected chi connectivity index (χ4v) is 1.42. The van der Waals surface area contributed by atoms with E-state index in [1.165, 1.54) is 6.20 Å². The van der Waals surface area contributed by atoms with E-state index in [1.54, 1.807) is 18.2 Å². The van der Waals surface area contributed by atoms with E-state index in [2.05, 4.69) is 4.98 Å². The second-order valence-corrected chi connectivity index (χ2v) is 3.37. The predicted octanol–water partition coefficient (Wildman–Crippen LogP) is 2.31. The zero-order valence-corrected chi connectivity index (χ0v) is 8.54. The van der Waals surface area contributed by atoms with E-state index >= 15 is 0 Å². The molecule has 1 unspecified atom stereocenters. The van der Waals surface area contributed by atoms with E-state index in [9.17, 15) is 5.11 Å². The van der Waals surface area contributed by atoms with Crippen LogP contribution in [0.4, 0.5) is 0 Å². The Morgan fingerprint density at radius 2 is 1.88 bits per heavy atom. The number of aliphatic hydroxyl groups is 1. The van der Waals surface area contributed by atoms with Crippen LogP contribution < -0.4 is 0 Å². The number of pyridine rings is 1. The number of benzene rings is 1. The van der Waals surface area contributed by atoms with E-state index < -0.39 is 6.10 Å². The standard InChI is InChI=1S/C13H10N2O/c14-8-13(16)11-6-7-12(15-9-11)10-4-2-1-3-5-10/h1-7,9,13,16H. The minimum absolute atomic E-state index is 0.516. The van der Waals surface area contributed by atoms with E-state index in [0.29, 0.717) is 5.56 Å². The lowest BCUT2D eigenvalue weighted by molar-refractivity contribution is 0.235. The summed E-state index contributed by atoms with van der Waals surface area (Å²) in [5, 5.41) is 17.8. The second kappa shape index (κ2) is 4.56. The Morgan fingerprint density at radius 3 is 2.44 bits per heavy atom. The van der Waals surface area contributed by atoms with Crippen LogP contribution in [0.5, 0.6) is 0 Å². The Bertz CT molecular complexity index is 500. The molecule has 0 saturated carbocycles. The summed E-state index contributed by atoms with van der Waals surface area (Å²) in [4.78, 5) is 4.21. The predicted molar refractivity (Wildman–Crippen MR) is 60.2 cm³/mol. The highest BCUT2D eigenvalue weighted by Crippen LogP contribution is 2.18. The Morgan fingerprint density at radius 1 is 1.12 bits per heavy atom. The molecule has 0 saturated heterocycles. The number of nitrogens with zero attached hydrogens (tertiary/aromatic N) is 2. The third-order valence-electron chi connectivity index (χ3n) is 2.29. The van der Waals surface area contributed by atoms with Crippen LogP contribution in [0.1, 0.15) is 11.7 Å². The van der Waals surface area contributed by atoms with Crippen molar-refractivity contribution in [2.24, 2.45) is 0 Å². The fraction of sp³-hybridized carbons (Fsp3) is 0.0769. The molecule has 16 heavy (non-hydrogen) atoms. The molecular formula is C13H10N2O. The maximum Gasteiger partial charge on any atom is 0.167 e. The Kier molecular flexibility index (Phi) is 2.95. The molecule has 1 atom stereocenters. The SMILES string of the molecule is N#CC(O)c1ccc(-c2ccccc2)nc1. The molecule has 0 radical (unpaired) electrons. The maximum absolute atomic E-state index is 9.29. The van der Waals surface area contributed by atoms with Crippen LogP contribution in [0.2, 0.25) is 0 Å². The van der Waals surface area contributed by atoms with Gasteiger partial charge in [-0.1, -0.05) is 36.4 Å². The van der Waals surface area contributed by atoms with Crippen LogP contribution >= 0.6 is 0 Å². The molecule has 2 rings (SSSR count). The maximum atomic E-state index is 9.29. The number of hydrogen-bond donors (Lipinski definition) is 1. The van der Waals surface area contributed by atoms with Crippen molar-refractivity contribution in [3.63, 3.8) is 0 Å². The minimum atomic E-state index is -1.10. The van der Waals surface area contributed by atoms with E-state index in [1.807, 2.05) is 30.3 Å². The number of aliphatic hydroxyl groups excluding tert-OH is 1. The second-order valence-electron chi connectivity index (χ2n) is 3.37. The van der Waals surface area contributed by atoms with Gasteiger partial charge in [-0.25, -0.2) is 0 Å². The number of rotatable bonds is 2.